The molecule has 0 aliphatic carbocycles. The SMILES string of the molecule is Cc1csc(-c2coc3cc(O[C@H]4O[C@@H](CO)[C@H](O)[C@@H](O)[C@@H]4O)ccc3c2=O)n1. The van der Waals surface area contributed by atoms with Crippen molar-refractivity contribution in [2.75, 3.05) is 6.61 Å². The molecule has 3 heterocycles. The molecule has 0 bridgehead atoms. The first kappa shape index (κ1) is 20.0. The topological polar surface area (TPSA) is 142 Å². The van der Waals surface area contributed by atoms with Gasteiger partial charge in [0.25, 0.3) is 0 Å². The van der Waals surface area contributed by atoms with Crippen LogP contribution in [0.5, 0.6) is 5.75 Å². The number of hydrogen-bond acceptors (Lipinski definition) is 10. The van der Waals surface area contributed by atoms with Crippen molar-refractivity contribution in [3.63, 3.8) is 0 Å². The highest BCUT2D eigenvalue weighted by Crippen LogP contribution is 2.28. The number of thiazole rings is 1. The van der Waals surface area contributed by atoms with Gasteiger partial charge in [-0.15, -0.1) is 11.3 Å². The van der Waals surface area contributed by atoms with Gasteiger partial charge in [0.05, 0.1) is 17.6 Å². The Labute approximate surface area is 168 Å². The van der Waals surface area contributed by atoms with Crippen molar-refractivity contribution in [3.8, 4) is 16.3 Å². The van der Waals surface area contributed by atoms with Crippen LogP contribution in [-0.2, 0) is 4.74 Å². The average molecular weight is 421 g/mol. The molecule has 1 fully saturated rings. The zero-order chi connectivity index (χ0) is 20.7. The van der Waals surface area contributed by atoms with E-state index in [9.17, 15) is 25.2 Å². The fraction of sp³-hybridized carbons (Fsp3) is 0.368. The molecular formula is C19H19NO8S. The molecule has 2 aromatic heterocycles. The second-order valence-corrected chi connectivity index (χ2v) is 7.60. The average Bonchev–Trinajstić information content (AvgIpc) is 3.14. The lowest BCUT2D eigenvalue weighted by atomic mass is 9.99. The van der Waals surface area contributed by atoms with Crippen molar-refractivity contribution in [3.05, 3.63) is 45.8 Å². The first-order chi connectivity index (χ1) is 13.9. The van der Waals surface area contributed by atoms with Crippen LogP contribution in [-0.4, -0.2) is 62.7 Å². The van der Waals surface area contributed by atoms with Gasteiger partial charge in [-0.05, 0) is 19.1 Å². The van der Waals surface area contributed by atoms with Crippen LogP contribution in [0.15, 0.2) is 39.1 Å². The van der Waals surface area contributed by atoms with Gasteiger partial charge >= 0.3 is 0 Å². The molecular weight excluding hydrogens is 402 g/mol. The van der Waals surface area contributed by atoms with E-state index in [2.05, 4.69) is 4.98 Å². The predicted octanol–water partition coefficient (Wildman–Crippen LogP) is 0.404. The van der Waals surface area contributed by atoms with Crippen molar-refractivity contribution in [2.24, 2.45) is 0 Å². The maximum atomic E-state index is 12.8. The number of nitrogens with zero attached hydrogens (tertiary/aromatic N) is 1. The normalized spacial score (nSPS) is 27.3. The Morgan fingerprint density at radius 1 is 1.21 bits per heavy atom. The summed E-state index contributed by atoms with van der Waals surface area (Å²) in [7, 11) is 0. The summed E-state index contributed by atoms with van der Waals surface area (Å²) in [6.07, 6.45) is -5.63. The molecule has 0 saturated carbocycles. The second-order valence-electron chi connectivity index (χ2n) is 6.75. The van der Waals surface area contributed by atoms with Gasteiger partial charge in [-0.25, -0.2) is 4.98 Å². The molecule has 1 aliphatic heterocycles. The molecule has 1 saturated heterocycles. The number of aryl methyl sites for hydroxylation is 1. The van der Waals surface area contributed by atoms with Crippen molar-refractivity contribution < 1.29 is 34.3 Å². The Morgan fingerprint density at radius 3 is 2.69 bits per heavy atom. The number of aliphatic hydroxyl groups excluding tert-OH is 4. The first-order valence-corrected chi connectivity index (χ1v) is 9.72. The van der Waals surface area contributed by atoms with Gasteiger partial charge in [-0.1, -0.05) is 0 Å². The highest BCUT2D eigenvalue weighted by Gasteiger charge is 2.44. The zero-order valence-electron chi connectivity index (χ0n) is 15.3. The lowest BCUT2D eigenvalue weighted by Gasteiger charge is -2.39. The molecule has 0 radical (unpaired) electrons. The van der Waals surface area contributed by atoms with Gasteiger partial charge in [0, 0.05) is 17.1 Å². The largest absolute Gasteiger partial charge is 0.463 e. The van der Waals surface area contributed by atoms with E-state index in [1.54, 1.807) is 0 Å². The molecule has 29 heavy (non-hydrogen) atoms. The zero-order valence-corrected chi connectivity index (χ0v) is 16.1. The minimum Gasteiger partial charge on any atom is -0.463 e. The van der Waals surface area contributed by atoms with Crippen LogP contribution in [0, 0.1) is 6.92 Å². The van der Waals surface area contributed by atoms with Crippen LogP contribution < -0.4 is 10.2 Å². The van der Waals surface area contributed by atoms with Crippen LogP contribution in [0.2, 0.25) is 0 Å². The van der Waals surface area contributed by atoms with E-state index >= 15 is 0 Å². The molecule has 4 N–H and O–H groups in total. The Bertz CT molecular complexity index is 1080. The van der Waals surface area contributed by atoms with E-state index in [4.69, 9.17) is 13.9 Å². The lowest BCUT2D eigenvalue weighted by Crippen LogP contribution is -2.60. The molecule has 9 nitrogen and oxygen atoms in total. The summed E-state index contributed by atoms with van der Waals surface area (Å²) in [6, 6.07) is 4.47. The van der Waals surface area contributed by atoms with Gasteiger partial charge in [-0.3, -0.25) is 4.79 Å². The van der Waals surface area contributed by atoms with E-state index in [1.165, 1.54) is 35.8 Å². The fourth-order valence-corrected chi connectivity index (χ4v) is 3.91. The van der Waals surface area contributed by atoms with E-state index in [-0.39, 0.29) is 16.8 Å². The molecule has 0 spiro atoms. The van der Waals surface area contributed by atoms with Crippen LogP contribution in [0.1, 0.15) is 5.69 Å². The number of ether oxygens (including phenoxy) is 2. The minimum atomic E-state index is -1.55. The third kappa shape index (κ3) is 3.66. The van der Waals surface area contributed by atoms with Crippen molar-refractivity contribution in [2.45, 2.75) is 37.6 Å². The van der Waals surface area contributed by atoms with E-state index in [1.807, 2.05) is 12.3 Å². The summed E-state index contributed by atoms with van der Waals surface area (Å²) in [6.45, 7) is 1.28. The van der Waals surface area contributed by atoms with Crippen molar-refractivity contribution >= 4 is 22.3 Å². The van der Waals surface area contributed by atoms with Gasteiger partial charge in [0.15, 0.2) is 0 Å². The van der Waals surface area contributed by atoms with Gasteiger partial charge in [0.1, 0.15) is 47.0 Å². The maximum Gasteiger partial charge on any atom is 0.229 e. The standard InChI is InChI=1S/C19H19NO8S/c1-8-7-29-18(20-8)11-6-26-12-4-9(2-3-10(12)14(11)22)27-19-17(25)16(24)15(23)13(5-21)28-19/h2-4,6-7,13,15-17,19,21,23-25H,5H2,1H3/t13-,15-,16+,17-,19-/m0/s1. The van der Waals surface area contributed by atoms with Crippen LogP contribution in [0.3, 0.4) is 0 Å². The lowest BCUT2D eigenvalue weighted by molar-refractivity contribution is -0.277. The molecule has 10 heteroatoms. The van der Waals surface area contributed by atoms with Crippen molar-refractivity contribution in [1.29, 1.82) is 0 Å². The monoisotopic (exact) mass is 421 g/mol. The summed E-state index contributed by atoms with van der Waals surface area (Å²) in [5, 5.41) is 41.8. The Kier molecular flexibility index (Phi) is 5.38. The third-order valence-corrected chi connectivity index (χ3v) is 5.69. The third-order valence-electron chi connectivity index (χ3n) is 4.70. The number of rotatable bonds is 4. The Morgan fingerprint density at radius 2 is 2.00 bits per heavy atom. The molecule has 1 aromatic carbocycles. The Hall–Kier alpha value is -2.34. The van der Waals surface area contributed by atoms with Crippen LogP contribution in [0.25, 0.3) is 21.5 Å². The number of fused-ring (bicyclic) bond motifs is 1. The number of aromatic nitrogens is 1. The van der Waals surface area contributed by atoms with Gasteiger partial charge in [-0.2, -0.15) is 0 Å². The number of hydrogen-bond donors (Lipinski definition) is 4. The van der Waals surface area contributed by atoms with E-state index < -0.39 is 37.3 Å². The molecule has 0 unspecified atom stereocenters. The molecule has 1 aliphatic rings. The van der Waals surface area contributed by atoms with Gasteiger partial charge in [0.2, 0.25) is 11.7 Å². The Balaban J connectivity index is 1.62. The maximum absolute atomic E-state index is 12.8. The summed E-state index contributed by atoms with van der Waals surface area (Å²) in [5.74, 6) is 0.211. The molecule has 5 atom stereocenters. The number of benzene rings is 1. The van der Waals surface area contributed by atoms with Crippen LogP contribution >= 0.6 is 11.3 Å². The summed E-state index contributed by atoms with van der Waals surface area (Å²) >= 11 is 1.35. The predicted molar refractivity (Wildman–Crippen MR) is 103 cm³/mol. The van der Waals surface area contributed by atoms with Crippen LogP contribution in [0.4, 0.5) is 0 Å². The summed E-state index contributed by atoms with van der Waals surface area (Å²) in [5.41, 5.74) is 1.19. The molecule has 4 rings (SSSR count). The quantitative estimate of drug-likeness (QED) is 0.471. The summed E-state index contributed by atoms with van der Waals surface area (Å²) in [4.78, 5) is 17.1. The highest BCUT2D eigenvalue weighted by molar-refractivity contribution is 7.13. The first-order valence-electron chi connectivity index (χ1n) is 8.84. The second kappa shape index (κ2) is 7.82. The molecule has 0 amide bonds. The fourth-order valence-electron chi connectivity index (χ4n) is 3.11. The van der Waals surface area contributed by atoms with E-state index in [0.29, 0.717) is 16.0 Å². The highest BCUT2D eigenvalue weighted by atomic mass is 32.1. The van der Waals surface area contributed by atoms with Gasteiger partial charge < -0.3 is 34.3 Å². The van der Waals surface area contributed by atoms with Crippen molar-refractivity contribution in [1.82, 2.24) is 4.98 Å². The smallest absolute Gasteiger partial charge is 0.229 e. The minimum absolute atomic E-state index is 0.211. The van der Waals surface area contributed by atoms with E-state index in [0.717, 1.165) is 5.69 Å². The molecule has 154 valence electrons. The number of aliphatic hydroxyl groups is 4. The molecule has 3 aromatic rings. The summed E-state index contributed by atoms with van der Waals surface area (Å²) < 4.78 is 16.5.